The van der Waals surface area contributed by atoms with Crippen molar-refractivity contribution in [2.45, 2.75) is 19.4 Å². The van der Waals surface area contributed by atoms with Crippen LogP contribution in [-0.4, -0.2) is 14.2 Å². The highest BCUT2D eigenvalue weighted by molar-refractivity contribution is 5.47. The van der Waals surface area contributed by atoms with Gasteiger partial charge in [0.25, 0.3) is 0 Å². The van der Waals surface area contributed by atoms with Crippen molar-refractivity contribution >= 4 is 0 Å². The fraction of sp³-hybridized carbons (Fsp3) is 0.385. The van der Waals surface area contributed by atoms with Crippen LogP contribution in [0.25, 0.3) is 0 Å². The number of nitrogens with two attached hydrogens (primary N) is 1. The van der Waals surface area contributed by atoms with Gasteiger partial charge in [-0.25, -0.2) is 0 Å². The third-order valence-corrected chi connectivity index (χ3v) is 2.34. The van der Waals surface area contributed by atoms with Gasteiger partial charge in [0.15, 0.2) is 0 Å². The highest BCUT2D eigenvalue weighted by atomic mass is 16.5. The van der Waals surface area contributed by atoms with Gasteiger partial charge in [-0.15, -0.1) is 11.8 Å². The minimum atomic E-state index is -0.196. The molecule has 0 spiro atoms. The molecule has 0 aliphatic rings. The Morgan fingerprint density at radius 3 is 2.25 bits per heavy atom. The van der Waals surface area contributed by atoms with E-state index in [0.29, 0.717) is 6.42 Å². The van der Waals surface area contributed by atoms with Crippen molar-refractivity contribution in [3.8, 4) is 23.3 Å². The Balaban J connectivity index is 3.10. The van der Waals surface area contributed by atoms with Gasteiger partial charge < -0.3 is 15.2 Å². The van der Waals surface area contributed by atoms with Gasteiger partial charge >= 0.3 is 0 Å². The summed E-state index contributed by atoms with van der Waals surface area (Å²) in [6, 6.07) is 5.42. The maximum atomic E-state index is 6.07. The lowest BCUT2D eigenvalue weighted by Gasteiger charge is -2.17. The number of hydrogen-bond donors (Lipinski definition) is 1. The Labute approximate surface area is 96.6 Å². The Kier molecular flexibility index (Phi) is 4.68. The second kappa shape index (κ2) is 6.04. The van der Waals surface area contributed by atoms with Gasteiger partial charge in [-0.1, -0.05) is 6.07 Å². The first-order chi connectivity index (χ1) is 7.74. The van der Waals surface area contributed by atoms with E-state index in [-0.39, 0.29) is 6.04 Å². The largest absolute Gasteiger partial charge is 0.496 e. The number of ether oxygens (including phenoxy) is 2. The maximum absolute atomic E-state index is 6.07. The molecule has 0 bridgehead atoms. The average Bonchev–Trinajstić information content (AvgIpc) is 2.34. The van der Waals surface area contributed by atoms with Crippen molar-refractivity contribution in [1.29, 1.82) is 0 Å². The maximum Gasteiger partial charge on any atom is 0.127 e. The van der Waals surface area contributed by atoms with Gasteiger partial charge in [0.05, 0.1) is 19.8 Å². The molecule has 1 aromatic rings. The van der Waals surface area contributed by atoms with Crippen LogP contribution in [0.5, 0.6) is 11.5 Å². The topological polar surface area (TPSA) is 44.5 Å². The molecule has 0 saturated heterocycles. The summed E-state index contributed by atoms with van der Waals surface area (Å²) in [7, 11) is 3.24. The van der Waals surface area contributed by atoms with E-state index < -0.39 is 0 Å². The second-order valence-electron chi connectivity index (χ2n) is 3.31. The van der Waals surface area contributed by atoms with E-state index in [1.807, 2.05) is 18.2 Å². The molecule has 0 aliphatic heterocycles. The summed E-state index contributed by atoms with van der Waals surface area (Å²) in [6.07, 6.45) is 0.591. The lowest BCUT2D eigenvalue weighted by atomic mass is 10.0. The minimum Gasteiger partial charge on any atom is -0.496 e. The summed E-state index contributed by atoms with van der Waals surface area (Å²) in [5, 5.41) is 0. The average molecular weight is 219 g/mol. The molecule has 1 aromatic carbocycles. The van der Waals surface area contributed by atoms with Gasteiger partial charge in [0, 0.05) is 12.5 Å². The summed E-state index contributed by atoms with van der Waals surface area (Å²) < 4.78 is 10.6. The van der Waals surface area contributed by atoms with E-state index >= 15 is 0 Å². The van der Waals surface area contributed by atoms with Crippen molar-refractivity contribution < 1.29 is 9.47 Å². The molecule has 3 heteroatoms. The Morgan fingerprint density at radius 1 is 1.25 bits per heavy atom. The quantitative estimate of drug-likeness (QED) is 0.789. The van der Waals surface area contributed by atoms with E-state index in [9.17, 15) is 0 Å². The fourth-order valence-electron chi connectivity index (χ4n) is 1.56. The van der Waals surface area contributed by atoms with Crippen molar-refractivity contribution in [3.63, 3.8) is 0 Å². The first kappa shape index (κ1) is 12.4. The molecule has 0 saturated carbocycles. The molecule has 16 heavy (non-hydrogen) atoms. The molecular weight excluding hydrogens is 202 g/mol. The predicted octanol–water partition coefficient (Wildman–Crippen LogP) is 2.12. The Bertz CT molecular complexity index is 382. The zero-order valence-corrected chi connectivity index (χ0v) is 9.91. The monoisotopic (exact) mass is 219 g/mol. The van der Waals surface area contributed by atoms with Crippen LogP contribution in [0.4, 0.5) is 0 Å². The number of benzene rings is 1. The predicted molar refractivity (Wildman–Crippen MR) is 64.5 cm³/mol. The summed E-state index contributed by atoms with van der Waals surface area (Å²) in [5.41, 5.74) is 6.94. The van der Waals surface area contributed by atoms with Crippen molar-refractivity contribution in [3.05, 3.63) is 23.8 Å². The van der Waals surface area contributed by atoms with Crippen LogP contribution in [0.2, 0.25) is 0 Å². The molecule has 1 atom stereocenters. The zero-order chi connectivity index (χ0) is 12.0. The minimum absolute atomic E-state index is 0.196. The second-order valence-corrected chi connectivity index (χ2v) is 3.31. The highest BCUT2D eigenvalue weighted by Gasteiger charge is 2.16. The third kappa shape index (κ3) is 2.68. The molecule has 1 rings (SSSR count). The van der Waals surface area contributed by atoms with Gasteiger partial charge in [-0.3, -0.25) is 0 Å². The standard InChI is InChI=1S/C13H17NO2/c1-4-5-7-10(14)13-11(15-2)8-6-9-12(13)16-3/h6,8-10H,7,14H2,1-3H3. The third-order valence-electron chi connectivity index (χ3n) is 2.34. The van der Waals surface area contributed by atoms with Crippen LogP contribution in [-0.2, 0) is 0 Å². The molecule has 0 aromatic heterocycles. The molecule has 0 amide bonds. The summed E-state index contributed by atoms with van der Waals surface area (Å²) in [6.45, 7) is 1.80. The van der Waals surface area contributed by atoms with E-state index in [1.165, 1.54) is 0 Å². The first-order valence-electron chi connectivity index (χ1n) is 5.10. The highest BCUT2D eigenvalue weighted by Crippen LogP contribution is 2.33. The van der Waals surface area contributed by atoms with E-state index in [0.717, 1.165) is 17.1 Å². The van der Waals surface area contributed by atoms with Gasteiger partial charge in [-0.05, 0) is 19.1 Å². The fourth-order valence-corrected chi connectivity index (χ4v) is 1.56. The zero-order valence-electron chi connectivity index (χ0n) is 9.91. The summed E-state index contributed by atoms with van der Waals surface area (Å²) >= 11 is 0. The van der Waals surface area contributed by atoms with Crippen LogP contribution < -0.4 is 15.2 Å². The Hall–Kier alpha value is -1.66. The number of hydrogen-bond acceptors (Lipinski definition) is 3. The van der Waals surface area contributed by atoms with E-state index in [4.69, 9.17) is 15.2 Å². The molecule has 0 aliphatic carbocycles. The molecule has 0 fully saturated rings. The smallest absolute Gasteiger partial charge is 0.127 e. The van der Waals surface area contributed by atoms with Gasteiger partial charge in [-0.2, -0.15) is 0 Å². The molecule has 1 unspecified atom stereocenters. The van der Waals surface area contributed by atoms with Gasteiger partial charge in [0.1, 0.15) is 11.5 Å². The van der Waals surface area contributed by atoms with Crippen LogP contribution in [0.3, 0.4) is 0 Å². The number of methoxy groups -OCH3 is 2. The van der Waals surface area contributed by atoms with Crippen LogP contribution in [0.1, 0.15) is 24.9 Å². The van der Waals surface area contributed by atoms with Crippen molar-refractivity contribution in [1.82, 2.24) is 0 Å². The Morgan fingerprint density at radius 2 is 1.81 bits per heavy atom. The SMILES string of the molecule is CC#CCC(N)c1c(OC)cccc1OC. The molecule has 3 nitrogen and oxygen atoms in total. The summed E-state index contributed by atoms with van der Waals surface area (Å²) in [4.78, 5) is 0. The van der Waals surface area contributed by atoms with E-state index in [2.05, 4.69) is 11.8 Å². The lowest BCUT2D eigenvalue weighted by molar-refractivity contribution is 0.379. The summed E-state index contributed by atoms with van der Waals surface area (Å²) in [5.74, 6) is 7.28. The van der Waals surface area contributed by atoms with E-state index in [1.54, 1.807) is 21.1 Å². The number of rotatable bonds is 4. The molecule has 0 heterocycles. The van der Waals surface area contributed by atoms with Crippen LogP contribution in [0.15, 0.2) is 18.2 Å². The van der Waals surface area contributed by atoms with Crippen LogP contribution >= 0.6 is 0 Å². The molecule has 0 radical (unpaired) electrons. The van der Waals surface area contributed by atoms with Crippen LogP contribution in [0, 0.1) is 11.8 Å². The molecular formula is C13H17NO2. The lowest BCUT2D eigenvalue weighted by Crippen LogP contribution is -2.12. The molecule has 2 N–H and O–H groups in total. The van der Waals surface area contributed by atoms with Crippen molar-refractivity contribution in [2.24, 2.45) is 5.73 Å². The van der Waals surface area contributed by atoms with Gasteiger partial charge in [0.2, 0.25) is 0 Å². The normalized spacial score (nSPS) is 11.2. The first-order valence-corrected chi connectivity index (χ1v) is 5.10. The molecule has 86 valence electrons. The van der Waals surface area contributed by atoms with Crippen molar-refractivity contribution in [2.75, 3.05) is 14.2 Å².